The van der Waals surface area contributed by atoms with Gasteiger partial charge in [-0.25, -0.2) is 14.2 Å². The highest BCUT2D eigenvalue weighted by Gasteiger charge is 2.33. The predicted molar refractivity (Wildman–Crippen MR) is 128 cm³/mol. The van der Waals surface area contributed by atoms with E-state index in [-0.39, 0.29) is 5.82 Å². The van der Waals surface area contributed by atoms with Crippen molar-refractivity contribution in [2.75, 3.05) is 0 Å². The molecule has 0 radical (unpaired) electrons. The number of carbonyl (C=O) groups is 1. The van der Waals surface area contributed by atoms with Crippen LogP contribution in [-0.4, -0.2) is 22.5 Å². The van der Waals surface area contributed by atoms with E-state index < -0.39 is 12.0 Å². The molecule has 0 saturated carbocycles. The van der Waals surface area contributed by atoms with E-state index in [1.807, 2.05) is 19.1 Å². The molecular weight excluding hydrogens is 464 g/mol. The minimum atomic E-state index is -0.584. The molecule has 1 aliphatic heterocycles. The molecule has 0 N–H and O–H groups in total. The second-order valence-corrected chi connectivity index (χ2v) is 8.43. The molecule has 0 aliphatic carbocycles. The molecule has 3 aromatic carbocycles. The summed E-state index contributed by atoms with van der Waals surface area (Å²) >= 11 is 12.4. The third-order valence-corrected chi connectivity index (χ3v) is 5.92. The molecule has 0 aromatic heterocycles. The molecule has 33 heavy (non-hydrogen) atoms. The number of halogens is 3. The van der Waals surface area contributed by atoms with Crippen molar-refractivity contribution in [1.82, 2.24) is 5.01 Å². The number of amidine groups is 1. The summed E-state index contributed by atoms with van der Waals surface area (Å²) in [5, 5.41) is 11.1. The van der Waals surface area contributed by atoms with E-state index >= 15 is 0 Å². The maximum absolute atomic E-state index is 14.7. The zero-order valence-corrected chi connectivity index (χ0v) is 19.4. The Morgan fingerprint density at radius 1 is 1.12 bits per heavy atom. The van der Waals surface area contributed by atoms with Gasteiger partial charge in [-0.2, -0.15) is 5.10 Å². The third kappa shape index (κ3) is 4.92. The number of aryl methyl sites for hydroxylation is 1. The summed E-state index contributed by atoms with van der Waals surface area (Å²) in [6.07, 6.45) is 0.376. The highest BCUT2D eigenvalue weighted by Crippen LogP contribution is 2.36. The van der Waals surface area contributed by atoms with Gasteiger partial charge in [-0.3, -0.25) is 0 Å². The van der Waals surface area contributed by atoms with Crippen molar-refractivity contribution in [1.29, 1.82) is 0 Å². The fourth-order valence-corrected chi connectivity index (χ4v) is 4.20. The lowest BCUT2D eigenvalue weighted by Gasteiger charge is -2.23. The van der Waals surface area contributed by atoms with Crippen molar-refractivity contribution >= 4 is 40.7 Å². The highest BCUT2D eigenvalue weighted by molar-refractivity contribution is 6.37. The summed E-state index contributed by atoms with van der Waals surface area (Å²) in [4.78, 5) is 17.7. The van der Waals surface area contributed by atoms with E-state index in [1.54, 1.807) is 60.5 Å². The summed E-state index contributed by atoms with van der Waals surface area (Å²) < 4.78 is 14.7. The number of oxime groups is 1. The molecule has 0 amide bonds. The van der Waals surface area contributed by atoms with Gasteiger partial charge in [-0.05, 0) is 43.7 Å². The Hall–Kier alpha value is -3.22. The van der Waals surface area contributed by atoms with Gasteiger partial charge < -0.3 is 4.84 Å². The van der Waals surface area contributed by atoms with Crippen molar-refractivity contribution in [2.45, 2.75) is 26.3 Å². The molecule has 1 unspecified atom stereocenters. The van der Waals surface area contributed by atoms with Crippen LogP contribution in [-0.2, 0) is 4.84 Å². The minimum absolute atomic E-state index is 0.297. The lowest BCUT2D eigenvalue weighted by molar-refractivity contribution is 0.0507. The van der Waals surface area contributed by atoms with Gasteiger partial charge in [0.2, 0.25) is 0 Å². The molecular formula is C25H20Cl2FN3O2. The van der Waals surface area contributed by atoms with Crippen molar-refractivity contribution in [3.63, 3.8) is 0 Å². The lowest BCUT2D eigenvalue weighted by atomic mass is 9.98. The first-order chi connectivity index (χ1) is 15.8. The Balaban J connectivity index is 1.67. The first-order valence-corrected chi connectivity index (χ1v) is 11.0. The second-order valence-electron chi connectivity index (χ2n) is 7.59. The fraction of sp³-hybridized carbons (Fsp3) is 0.160. The average molecular weight is 484 g/mol. The van der Waals surface area contributed by atoms with Crippen molar-refractivity contribution in [3.8, 4) is 0 Å². The van der Waals surface area contributed by atoms with E-state index in [1.165, 1.54) is 6.07 Å². The Morgan fingerprint density at radius 2 is 1.85 bits per heavy atom. The van der Waals surface area contributed by atoms with E-state index in [0.717, 1.165) is 5.56 Å². The summed E-state index contributed by atoms with van der Waals surface area (Å²) in [5.41, 5.74) is 2.97. The molecule has 0 spiro atoms. The molecule has 3 aromatic rings. The van der Waals surface area contributed by atoms with Crippen LogP contribution in [0.5, 0.6) is 0 Å². The van der Waals surface area contributed by atoms with Crippen molar-refractivity contribution in [2.24, 2.45) is 10.3 Å². The van der Waals surface area contributed by atoms with Gasteiger partial charge in [0, 0.05) is 22.6 Å². The summed E-state index contributed by atoms with van der Waals surface area (Å²) in [6, 6.07) is 18.2. The quantitative estimate of drug-likeness (QED) is 0.178. The summed E-state index contributed by atoms with van der Waals surface area (Å²) in [6.45, 7) is 3.46. The molecule has 4 rings (SSSR count). The zero-order valence-electron chi connectivity index (χ0n) is 17.9. The maximum atomic E-state index is 14.7. The van der Waals surface area contributed by atoms with Gasteiger partial charge in [0.1, 0.15) is 5.82 Å². The molecule has 1 heterocycles. The number of rotatable bonds is 4. The molecule has 1 atom stereocenters. The van der Waals surface area contributed by atoms with Gasteiger partial charge in [0.25, 0.3) is 0 Å². The summed E-state index contributed by atoms with van der Waals surface area (Å²) in [5.74, 6) is -0.653. The molecule has 8 heteroatoms. The first-order valence-electron chi connectivity index (χ1n) is 10.2. The number of hydrazone groups is 1. The molecule has 5 nitrogen and oxygen atoms in total. The van der Waals surface area contributed by atoms with Crippen molar-refractivity contribution < 1.29 is 14.0 Å². The van der Waals surface area contributed by atoms with Crippen LogP contribution in [0.15, 0.2) is 77.0 Å². The van der Waals surface area contributed by atoms with E-state index in [4.69, 9.17) is 28.0 Å². The monoisotopic (exact) mass is 483 g/mol. The second kappa shape index (κ2) is 9.73. The topological polar surface area (TPSA) is 54.3 Å². The smallest absolute Gasteiger partial charge is 0.311 e. The van der Waals surface area contributed by atoms with Crippen LogP contribution < -0.4 is 0 Å². The van der Waals surface area contributed by atoms with E-state index in [2.05, 4.69) is 10.3 Å². The number of hydrogen-bond donors (Lipinski definition) is 0. The van der Waals surface area contributed by atoms with Crippen LogP contribution in [0.4, 0.5) is 4.39 Å². The van der Waals surface area contributed by atoms with E-state index in [0.29, 0.717) is 44.7 Å². The highest BCUT2D eigenvalue weighted by atomic mass is 35.5. The Morgan fingerprint density at radius 3 is 2.58 bits per heavy atom. The SMILES string of the molecule is C/C(=N/OC(=O)c1ccccc1C)N1N=C(c2ccc(Cl)cc2Cl)CC1c1ccccc1F. The number of carbonyl (C=O) groups excluding carboxylic acids is 1. The van der Waals surface area contributed by atoms with Gasteiger partial charge >= 0.3 is 5.97 Å². The zero-order chi connectivity index (χ0) is 23.5. The first kappa shape index (κ1) is 23.0. The lowest BCUT2D eigenvalue weighted by Crippen LogP contribution is -2.26. The number of hydrogen-bond acceptors (Lipinski definition) is 4. The third-order valence-electron chi connectivity index (χ3n) is 5.37. The standard InChI is InChI=1S/C25H20Cl2FN3O2/c1-15-7-3-4-8-18(15)25(32)33-30-16(2)31-24(20-9-5-6-10-22(20)28)14-23(29-31)19-12-11-17(26)13-21(19)27/h3-13,24H,14H2,1-2H3/b30-16-. The van der Waals surface area contributed by atoms with Gasteiger partial charge in [-0.1, -0.05) is 70.8 Å². The molecule has 0 bridgehead atoms. The number of benzene rings is 3. The fourth-order valence-electron chi connectivity index (χ4n) is 3.68. The normalized spacial score (nSPS) is 16.0. The van der Waals surface area contributed by atoms with Crippen LogP contribution in [0.25, 0.3) is 0 Å². The Kier molecular flexibility index (Phi) is 6.77. The number of nitrogens with zero attached hydrogens (tertiary/aromatic N) is 3. The average Bonchev–Trinajstić information content (AvgIpc) is 3.23. The van der Waals surface area contributed by atoms with Crippen LogP contribution in [0.3, 0.4) is 0 Å². The Labute approximate surface area is 201 Å². The van der Waals surface area contributed by atoms with Crippen LogP contribution in [0.2, 0.25) is 10.0 Å². The molecule has 0 saturated heterocycles. The van der Waals surface area contributed by atoms with E-state index in [9.17, 15) is 9.18 Å². The van der Waals surface area contributed by atoms with Gasteiger partial charge in [-0.15, -0.1) is 0 Å². The van der Waals surface area contributed by atoms with Crippen molar-refractivity contribution in [3.05, 3.63) is 105 Å². The molecule has 168 valence electrons. The van der Waals surface area contributed by atoms with Gasteiger partial charge in [0.05, 0.1) is 22.3 Å². The molecule has 0 fully saturated rings. The minimum Gasteiger partial charge on any atom is -0.311 e. The van der Waals surface area contributed by atoms with Crippen LogP contribution >= 0.6 is 23.2 Å². The Bertz CT molecular complexity index is 1280. The van der Waals surface area contributed by atoms with Gasteiger partial charge in [0.15, 0.2) is 5.84 Å². The maximum Gasteiger partial charge on any atom is 0.366 e. The predicted octanol–water partition coefficient (Wildman–Crippen LogP) is 6.78. The summed E-state index contributed by atoms with van der Waals surface area (Å²) in [7, 11) is 0. The van der Waals surface area contributed by atoms with Crippen LogP contribution in [0, 0.1) is 12.7 Å². The molecule has 1 aliphatic rings. The van der Waals surface area contributed by atoms with Crippen LogP contribution in [0.1, 0.15) is 46.4 Å². The largest absolute Gasteiger partial charge is 0.366 e.